The van der Waals surface area contributed by atoms with Crippen molar-refractivity contribution in [2.24, 2.45) is 0 Å². The lowest BCUT2D eigenvalue weighted by Crippen LogP contribution is -2.43. The van der Waals surface area contributed by atoms with Gasteiger partial charge in [0.2, 0.25) is 0 Å². The van der Waals surface area contributed by atoms with Gasteiger partial charge in [-0.1, -0.05) is 68.3 Å². The fourth-order valence-electron chi connectivity index (χ4n) is 4.75. The number of fused-ring (bicyclic) bond motifs is 4. The Hall–Kier alpha value is -1.81. The van der Waals surface area contributed by atoms with Crippen molar-refractivity contribution in [1.82, 2.24) is 9.55 Å². The molecule has 0 amide bonds. The standard InChI is InChI=1S/C22H26N2OS/c1-3-14-24-20(25)18-19(23-21(24)26-4-2)17-11-7-6-10-16(17)15-22(18)12-8-5-9-13-22/h3,6-7,10-11H,1,4-5,8-9,12-15H2,2H3. The molecule has 0 atom stereocenters. The number of benzene rings is 1. The van der Waals surface area contributed by atoms with Gasteiger partial charge < -0.3 is 0 Å². The van der Waals surface area contributed by atoms with E-state index in [1.807, 2.05) is 4.57 Å². The third kappa shape index (κ3) is 2.75. The van der Waals surface area contributed by atoms with Crippen molar-refractivity contribution in [2.45, 2.75) is 62.6 Å². The number of nitrogens with zero attached hydrogens (tertiary/aromatic N) is 2. The maximum absolute atomic E-state index is 13.6. The molecule has 2 aliphatic carbocycles. The first kappa shape index (κ1) is 17.6. The van der Waals surface area contributed by atoms with Crippen molar-refractivity contribution in [3.63, 3.8) is 0 Å². The van der Waals surface area contributed by atoms with E-state index in [-0.39, 0.29) is 11.0 Å². The maximum atomic E-state index is 13.6. The summed E-state index contributed by atoms with van der Waals surface area (Å²) in [6, 6.07) is 8.53. The Bertz CT molecular complexity index is 894. The highest BCUT2D eigenvalue weighted by atomic mass is 32.2. The van der Waals surface area contributed by atoms with Gasteiger partial charge in [-0.15, -0.1) is 6.58 Å². The van der Waals surface area contributed by atoms with Crippen LogP contribution in [0.2, 0.25) is 0 Å². The Labute approximate surface area is 159 Å². The van der Waals surface area contributed by atoms with Crippen LogP contribution in [0.4, 0.5) is 0 Å². The van der Waals surface area contributed by atoms with Gasteiger partial charge in [0.15, 0.2) is 5.16 Å². The molecule has 1 saturated carbocycles. The molecule has 1 heterocycles. The fourth-order valence-corrected chi connectivity index (χ4v) is 5.48. The van der Waals surface area contributed by atoms with Crippen LogP contribution >= 0.6 is 11.8 Å². The summed E-state index contributed by atoms with van der Waals surface area (Å²) in [6.07, 6.45) is 8.65. The zero-order valence-electron chi connectivity index (χ0n) is 15.5. The summed E-state index contributed by atoms with van der Waals surface area (Å²) >= 11 is 1.64. The molecule has 1 fully saturated rings. The average Bonchev–Trinajstić information content (AvgIpc) is 2.65. The highest BCUT2D eigenvalue weighted by Gasteiger charge is 2.43. The molecule has 1 aromatic heterocycles. The largest absolute Gasteiger partial charge is 0.283 e. The molecule has 0 saturated heterocycles. The molecule has 2 aliphatic rings. The van der Waals surface area contributed by atoms with Crippen LogP contribution in [0.5, 0.6) is 0 Å². The zero-order chi connectivity index (χ0) is 18.1. The molecule has 26 heavy (non-hydrogen) atoms. The van der Waals surface area contributed by atoms with Crippen LogP contribution < -0.4 is 5.56 Å². The fraction of sp³-hybridized carbons (Fsp3) is 0.455. The molecule has 0 radical (unpaired) electrons. The number of aromatic nitrogens is 2. The lowest BCUT2D eigenvalue weighted by atomic mass is 9.62. The van der Waals surface area contributed by atoms with Gasteiger partial charge in [0, 0.05) is 17.5 Å². The molecule has 4 heteroatoms. The Balaban J connectivity index is 2.03. The van der Waals surface area contributed by atoms with Crippen LogP contribution in [-0.4, -0.2) is 15.3 Å². The average molecular weight is 367 g/mol. The van der Waals surface area contributed by atoms with Gasteiger partial charge in [0.05, 0.1) is 11.3 Å². The lowest BCUT2D eigenvalue weighted by molar-refractivity contribution is 0.282. The monoisotopic (exact) mass is 366 g/mol. The van der Waals surface area contributed by atoms with Gasteiger partial charge in [-0.25, -0.2) is 4.98 Å². The molecule has 1 spiro atoms. The van der Waals surface area contributed by atoms with Gasteiger partial charge in [0.25, 0.3) is 5.56 Å². The van der Waals surface area contributed by atoms with E-state index < -0.39 is 0 Å². The Morgan fingerprint density at radius 2 is 2.04 bits per heavy atom. The van der Waals surface area contributed by atoms with Crippen LogP contribution in [0, 0.1) is 0 Å². The molecular weight excluding hydrogens is 340 g/mol. The summed E-state index contributed by atoms with van der Waals surface area (Å²) in [5.41, 5.74) is 4.53. The van der Waals surface area contributed by atoms with Crippen LogP contribution in [0.25, 0.3) is 11.3 Å². The normalized spacial score (nSPS) is 17.6. The molecular formula is C22H26N2OS. The second kappa shape index (κ2) is 7.07. The Morgan fingerprint density at radius 3 is 2.77 bits per heavy atom. The summed E-state index contributed by atoms with van der Waals surface area (Å²) in [6.45, 7) is 6.48. The summed E-state index contributed by atoms with van der Waals surface area (Å²) in [5, 5.41) is 0.818. The van der Waals surface area contributed by atoms with E-state index in [0.29, 0.717) is 6.54 Å². The molecule has 0 bridgehead atoms. The predicted molar refractivity (Wildman–Crippen MR) is 109 cm³/mol. The van der Waals surface area contributed by atoms with Crippen molar-refractivity contribution in [1.29, 1.82) is 0 Å². The van der Waals surface area contributed by atoms with Crippen LogP contribution in [-0.2, 0) is 18.4 Å². The second-order valence-corrected chi connectivity index (χ2v) is 8.66. The topological polar surface area (TPSA) is 34.9 Å². The number of hydrogen-bond donors (Lipinski definition) is 0. The highest BCUT2D eigenvalue weighted by molar-refractivity contribution is 7.99. The van der Waals surface area contributed by atoms with Crippen LogP contribution in [0.3, 0.4) is 0 Å². The first-order chi connectivity index (χ1) is 12.7. The van der Waals surface area contributed by atoms with Crippen molar-refractivity contribution < 1.29 is 0 Å². The number of hydrogen-bond acceptors (Lipinski definition) is 3. The maximum Gasteiger partial charge on any atom is 0.258 e. The summed E-state index contributed by atoms with van der Waals surface area (Å²) in [7, 11) is 0. The van der Waals surface area contributed by atoms with Crippen molar-refractivity contribution in [3.05, 3.63) is 58.4 Å². The van der Waals surface area contributed by atoms with Gasteiger partial charge in [-0.2, -0.15) is 0 Å². The van der Waals surface area contributed by atoms with Crippen LogP contribution in [0.1, 0.15) is 50.2 Å². The number of rotatable bonds is 4. The van der Waals surface area contributed by atoms with Crippen LogP contribution in [0.15, 0.2) is 46.9 Å². The van der Waals surface area contributed by atoms with E-state index in [0.717, 1.165) is 47.0 Å². The molecule has 136 valence electrons. The minimum atomic E-state index is -0.0373. The minimum Gasteiger partial charge on any atom is -0.283 e. The summed E-state index contributed by atoms with van der Waals surface area (Å²) in [5.74, 6) is 0.898. The molecule has 2 aromatic rings. The smallest absolute Gasteiger partial charge is 0.258 e. The van der Waals surface area contributed by atoms with Crippen molar-refractivity contribution in [3.8, 4) is 11.3 Å². The molecule has 0 N–H and O–H groups in total. The molecule has 1 aromatic carbocycles. The molecule has 4 rings (SSSR count). The minimum absolute atomic E-state index is 0.0373. The molecule has 3 nitrogen and oxygen atoms in total. The second-order valence-electron chi connectivity index (χ2n) is 7.43. The first-order valence-corrected chi connectivity index (χ1v) is 10.7. The van der Waals surface area contributed by atoms with Gasteiger partial charge >= 0.3 is 0 Å². The third-order valence-corrected chi connectivity index (χ3v) is 6.72. The number of thioether (sulfide) groups is 1. The number of allylic oxidation sites excluding steroid dienone is 1. The predicted octanol–water partition coefficient (Wildman–Crippen LogP) is 4.97. The first-order valence-electron chi connectivity index (χ1n) is 9.67. The summed E-state index contributed by atoms with van der Waals surface area (Å²) < 4.78 is 1.84. The van der Waals surface area contributed by atoms with E-state index in [2.05, 4.69) is 37.8 Å². The lowest BCUT2D eigenvalue weighted by Gasteiger charge is -2.42. The Kier molecular flexibility index (Phi) is 4.78. The van der Waals surface area contributed by atoms with E-state index in [9.17, 15) is 4.79 Å². The van der Waals surface area contributed by atoms with E-state index >= 15 is 0 Å². The van der Waals surface area contributed by atoms with Crippen molar-refractivity contribution in [2.75, 3.05) is 5.75 Å². The van der Waals surface area contributed by atoms with Gasteiger partial charge in [0.1, 0.15) is 0 Å². The zero-order valence-corrected chi connectivity index (χ0v) is 16.3. The van der Waals surface area contributed by atoms with Crippen molar-refractivity contribution >= 4 is 11.8 Å². The third-order valence-electron chi connectivity index (χ3n) is 5.86. The highest BCUT2D eigenvalue weighted by Crippen LogP contribution is 2.48. The molecule has 0 unspecified atom stereocenters. The summed E-state index contributed by atoms with van der Waals surface area (Å²) in [4.78, 5) is 18.7. The Morgan fingerprint density at radius 1 is 1.27 bits per heavy atom. The van der Waals surface area contributed by atoms with Gasteiger partial charge in [-0.3, -0.25) is 9.36 Å². The quantitative estimate of drug-likeness (QED) is 0.435. The molecule has 0 aliphatic heterocycles. The SMILES string of the molecule is C=CCn1c(SCC)nc2c(c1=O)C1(CCCCC1)Cc1ccccc1-2. The van der Waals surface area contributed by atoms with E-state index in [1.54, 1.807) is 17.8 Å². The van der Waals surface area contributed by atoms with E-state index in [4.69, 9.17) is 4.98 Å². The van der Waals surface area contributed by atoms with E-state index in [1.165, 1.54) is 24.8 Å². The van der Waals surface area contributed by atoms with Gasteiger partial charge in [-0.05, 0) is 30.6 Å².